The van der Waals surface area contributed by atoms with Crippen molar-refractivity contribution >= 4 is 23.0 Å². The summed E-state index contributed by atoms with van der Waals surface area (Å²) in [6.07, 6.45) is -9.75. The van der Waals surface area contributed by atoms with Crippen LogP contribution >= 0.6 is 0 Å². The van der Waals surface area contributed by atoms with E-state index < -0.39 is 37.1 Å². The number of hydrogen-bond acceptors (Lipinski definition) is 4. The van der Waals surface area contributed by atoms with Gasteiger partial charge in [-0.3, -0.25) is 4.79 Å². The van der Waals surface area contributed by atoms with Crippen molar-refractivity contribution < 1.29 is 31.1 Å². The first-order valence-electron chi connectivity index (χ1n) is 8.70. The number of nitrogens with zero attached hydrogens (tertiary/aromatic N) is 1. The van der Waals surface area contributed by atoms with Crippen molar-refractivity contribution in [1.29, 1.82) is 0 Å². The molecule has 1 amide bonds. The van der Waals surface area contributed by atoms with E-state index in [1.54, 1.807) is 7.05 Å². The van der Waals surface area contributed by atoms with E-state index in [9.17, 15) is 31.1 Å². The summed E-state index contributed by atoms with van der Waals surface area (Å²) in [5, 5.41) is 4.95. The molecular weight excluding hydrogens is 390 g/mol. The van der Waals surface area contributed by atoms with Crippen molar-refractivity contribution in [3.05, 3.63) is 17.7 Å². The maximum Gasteiger partial charge on any atom is 0.393 e. The number of piperidine rings is 1. The van der Waals surface area contributed by atoms with Crippen molar-refractivity contribution in [2.24, 2.45) is 5.92 Å². The third kappa shape index (κ3) is 5.59. The van der Waals surface area contributed by atoms with E-state index >= 15 is 0 Å². The second-order valence-corrected chi connectivity index (χ2v) is 6.65. The van der Waals surface area contributed by atoms with Gasteiger partial charge in [-0.2, -0.15) is 26.3 Å². The van der Waals surface area contributed by atoms with Crippen molar-refractivity contribution in [3.63, 3.8) is 0 Å². The Morgan fingerprint density at radius 1 is 1.25 bits per heavy atom. The average molecular weight is 412 g/mol. The molecule has 1 heterocycles. The molecule has 11 heteroatoms. The van der Waals surface area contributed by atoms with Crippen molar-refractivity contribution in [3.8, 4) is 0 Å². The molecule has 0 saturated carbocycles. The molecule has 0 radical (unpaired) electrons. The van der Waals surface area contributed by atoms with E-state index in [-0.39, 0.29) is 36.3 Å². The molecule has 0 spiro atoms. The number of anilines is 3. The highest BCUT2D eigenvalue weighted by atomic mass is 19.4. The van der Waals surface area contributed by atoms with Gasteiger partial charge in [-0.05, 0) is 25.0 Å². The van der Waals surface area contributed by atoms with Crippen LogP contribution in [0.4, 0.5) is 43.4 Å². The zero-order valence-corrected chi connectivity index (χ0v) is 15.2. The quantitative estimate of drug-likeness (QED) is 0.509. The molecule has 28 heavy (non-hydrogen) atoms. The topological polar surface area (TPSA) is 70.4 Å². The van der Waals surface area contributed by atoms with Crippen LogP contribution in [0.5, 0.6) is 0 Å². The van der Waals surface area contributed by atoms with Crippen LogP contribution in [-0.4, -0.2) is 44.9 Å². The summed E-state index contributed by atoms with van der Waals surface area (Å²) >= 11 is 0. The Labute approximate surface area is 158 Å². The lowest BCUT2D eigenvalue weighted by molar-refractivity contribution is -0.176. The van der Waals surface area contributed by atoms with Gasteiger partial charge in [-0.1, -0.05) is 0 Å². The Bertz CT molecular complexity index is 704. The first-order valence-corrected chi connectivity index (χ1v) is 8.70. The second kappa shape index (κ2) is 8.36. The fourth-order valence-electron chi connectivity index (χ4n) is 3.14. The molecule has 0 aromatic heterocycles. The van der Waals surface area contributed by atoms with Gasteiger partial charge >= 0.3 is 12.4 Å². The van der Waals surface area contributed by atoms with Gasteiger partial charge in [0, 0.05) is 26.7 Å². The highest BCUT2D eigenvalue weighted by Crippen LogP contribution is 2.37. The third-order valence-corrected chi connectivity index (χ3v) is 4.60. The van der Waals surface area contributed by atoms with Crippen molar-refractivity contribution in [2.45, 2.75) is 31.6 Å². The monoisotopic (exact) mass is 412 g/mol. The van der Waals surface area contributed by atoms with Gasteiger partial charge in [0.25, 0.3) is 5.91 Å². The molecule has 1 saturated heterocycles. The minimum atomic E-state index is -4.43. The average Bonchev–Trinajstić information content (AvgIpc) is 2.59. The summed E-state index contributed by atoms with van der Waals surface area (Å²) in [6.45, 7) is -0.678. The van der Waals surface area contributed by atoms with E-state index in [1.165, 1.54) is 17.0 Å². The molecule has 4 N–H and O–H groups in total. The summed E-state index contributed by atoms with van der Waals surface area (Å²) in [5.74, 6) is -2.36. The maximum atomic E-state index is 13.1. The molecule has 1 aliphatic heterocycles. The van der Waals surface area contributed by atoms with Crippen LogP contribution in [0, 0.1) is 5.92 Å². The smallest absolute Gasteiger partial charge is 0.393 e. The number of carbonyl (C=O) groups is 1. The number of carbonyl (C=O) groups excluding carboxylic acids is 1. The number of amides is 1. The van der Waals surface area contributed by atoms with Crippen LogP contribution in [-0.2, 0) is 0 Å². The van der Waals surface area contributed by atoms with Crippen molar-refractivity contribution in [2.75, 3.05) is 42.6 Å². The van der Waals surface area contributed by atoms with Gasteiger partial charge in [0.1, 0.15) is 0 Å². The van der Waals surface area contributed by atoms with Crippen LogP contribution in [0.3, 0.4) is 0 Å². The molecule has 1 atom stereocenters. The molecule has 2 rings (SSSR count). The number of halogens is 6. The number of nitrogens with one attached hydrogen (secondary N) is 2. The van der Waals surface area contributed by atoms with Gasteiger partial charge in [0.15, 0.2) is 0 Å². The molecule has 1 aliphatic rings. The maximum absolute atomic E-state index is 13.1. The van der Waals surface area contributed by atoms with Crippen molar-refractivity contribution in [1.82, 2.24) is 5.32 Å². The van der Waals surface area contributed by atoms with Gasteiger partial charge in [0.2, 0.25) is 0 Å². The summed E-state index contributed by atoms with van der Waals surface area (Å²) in [5.41, 5.74) is 6.57. The first-order chi connectivity index (χ1) is 12.9. The van der Waals surface area contributed by atoms with Crippen LogP contribution in [0.1, 0.15) is 29.6 Å². The number of nitrogen functional groups attached to an aromatic ring is 1. The first kappa shape index (κ1) is 22.0. The Morgan fingerprint density at radius 3 is 2.50 bits per heavy atom. The highest BCUT2D eigenvalue weighted by Gasteiger charge is 2.42. The SMILES string of the molecule is CNc1cc(N2CCC[C@H](C(F)(F)F)C2)c(C(=O)NCCC(F)(F)F)cc1N. The van der Waals surface area contributed by atoms with E-state index in [4.69, 9.17) is 5.73 Å². The standard InChI is InChI=1S/C17H22F6N4O/c1-25-13-8-14(27-6-2-3-10(9-27)17(21,22)23)11(7-12(13)24)15(28)26-5-4-16(18,19)20/h7-8,10,25H,2-6,9,24H2,1H3,(H,26,28)/t10-/m0/s1. The lowest BCUT2D eigenvalue weighted by Gasteiger charge is -2.36. The molecule has 5 nitrogen and oxygen atoms in total. The summed E-state index contributed by atoms with van der Waals surface area (Å²) in [4.78, 5) is 13.9. The third-order valence-electron chi connectivity index (χ3n) is 4.60. The van der Waals surface area contributed by atoms with E-state index in [1.807, 2.05) is 0 Å². The van der Waals surface area contributed by atoms with Gasteiger partial charge in [-0.25, -0.2) is 0 Å². The molecule has 1 fully saturated rings. The molecule has 0 aliphatic carbocycles. The zero-order chi connectivity index (χ0) is 21.1. The summed E-state index contributed by atoms with van der Waals surface area (Å²) in [7, 11) is 1.56. The van der Waals surface area contributed by atoms with E-state index in [0.29, 0.717) is 12.2 Å². The number of rotatable bonds is 5. The molecule has 1 aromatic rings. The second-order valence-electron chi connectivity index (χ2n) is 6.65. The largest absolute Gasteiger partial charge is 0.397 e. The Hall–Kier alpha value is -2.33. The Morgan fingerprint density at radius 2 is 1.93 bits per heavy atom. The van der Waals surface area contributed by atoms with Gasteiger partial charge in [0.05, 0.1) is 35.0 Å². The van der Waals surface area contributed by atoms with Crippen LogP contribution in [0.2, 0.25) is 0 Å². The number of benzene rings is 1. The van der Waals surface area contributed by atoms with Crippen LogP contribution < -0.4 is 21.3 Å². The number of hydrogen-bond donors (Lipinski definition) is 3. The fraction of sp³-hybridized carbons (Fsp3) is 0.588. The molecule has 158 valence electrons. The number of nitrogens with two attached hydrogens (primary N) is 1. The Balaban J connectivity index is 2.30. The van der Waals surface area contributed by atoms with Gasteiger partial charge < -0.3 is 21.3 Å². The van der Waals surface area contributed by atoms with Gasteiger partial charge in [-0.15, -0.1) is 0 Å². The molecule has 0 unspecified atom stereocenters. The van der Waals surface area contributed by atoms with E-state index in [2.05, 4.69) is 10.6 Å². The predicted octanol–water partition coefficient (Wildman–Crippen LogP) is 3.77. The molecule has 1 aromatic carbocycles. The lowest BCUT2D eigenvalue weighted by atomic mass is 9.96. The minimum absolute atomic E-state index is 0.0129. The minimum Gasteiger partial charge on any atom is -0.397 e. The van der Waals surface area contributed by atoms with Crippen LogP contribution in [0.15, 0.2) is 12.1 Å². The molecule has 0 bridgehead atoms. The lowest BCUT2D eigenvalue weighted by Crippen LogP contribution is -2.42. The zero-order valence-electron chi connectivity index (χ0n) is 15.2. The summed E-state index contributed by atoms with van der Waals surface area (Å²) in [6, 6.07) is 2.72. The van der Waals surface area contributed by atoms with Crippen LogP contribution in [0.25, 0.3) is 0 Å². The summed E-state index contributed by atoms with van der Waals surface area (Å²) < 4.78 is 76.3. The normalized spacial score (nSPS) is 18.1. The van der Waals surface area contributed by atoms with E-state index in [0.717, 1.165) is 0 Å². The highest BCUT2D eigenvalue weighted by molar-refractivity contribution is 6.02. The number of alkyl halides is 6. The fourth-order valence-corrected chi connectivity index (χ4v) is 3.14. The molecular formula is C17H22F6N4O. The predicted molar refractivity (Wildman–Crippen MR) is 94.4 cm³/mol. The Kier molecular flexibility index (Phi) is 6.56.